The smallest absolute Gasteiger partial charge is 0.261 e. The second-order valence-electron chi connectivity index (χ2n) is 10.00. The van der Waals surface area contributed by atoms with Crippen LogP contribution in [0.5, 0.6) is 0 Å². The van der Waals surface area contributed by atoms with E-state index < -0.39 is 11.0 Å². The molecule has 0 bridgehead atoms. The summed E-state index contributed by atoms with van der Waals surface area (Å²) in [7, 11) is 0. The van der Waals surface area contributed by atoms with Gasteiger partial charge in [0, 0.05) is 18.6 Å². The average Bonchev–Trinajstić information content (AvgIpc) is 3.62. The highest BCUT2D eigenvalue weighted by atomic mass is 16.5. The number of aliphatic hydroxyl groups is 1. The fourth-order valence-electron chi connectivity index (χ4n) is 4.26. The van der Waals surface area contributed by atoms with Gasteiger partial charge >= 0.3 is 0 Å². The van der Waals surface area contributed by atoms with E-state index in [1.165, 1.54) is 0 Å². The minimum absolute atomic E-state index is 0.363. The number of nitrogens with one attached hydrogen (secondary N) is 1. The number of nitrogens with zero attached hydrogens (tertiary/aromatic N) is 7. The Balaban J connectivity index is 1.44. The lowest BCUT2D eigenvalue weighted by atomic mass is 9.78. The summed E-state index contributed by atoms with van der Waals surface area (Å²) in [5.41, 5.74) is 3.37. The van der Waals surface area contributed by atoms with E-state index in [4.69, 9.17) is 14.5 Å². The fourth-order valence-corrected chi connectivity index (χ4v) is 4.26. The molecule has 0 saturated heterocycles. The van der Waals surface area contributed by atoms with Gasteiger partial charge in [-0.3, -0.25) is 9.67 Å². The van der Waals surface area contributed by atoms with Crippen LogP contribution in [0.15, 0.2) is 53.7 Å². The minimum atomic E-state index is -0.875. The Kier molecular flexibility index (Phi) is 6.13. The molecule has 10 nitrogen and oxygen atoms in total. The molecular formula is C26H30N8O2. The molecule has 5 heterocycles. The topological polar surface area (TPSA) is 131 Å². The van der Waals surface area contributed by atoms with Crippen LogP contribution in [0.25, 0.3) is 34.0 Å². The van der Waals surface area contributed by atoms with Crippen molar-refractivity contribution in [1.29, 1.82) is 0 Å². The van der Waals surface area contributed by atoms with Crippen molar-refractivity contribution in [2.75, 3.05) is 0 Å². The van der Waals surface area contributed by atoms with Crippen LogP contribution in [0.4, 0.5) is 0 Å². The minimum Gasteiger partial charge on any atom is -0.389 e. The molecule has 2 N–H and O–H groups in total. The number of H-pyrrole nitrogens is 1. The van der Waals surface area contributed by atoms with E-state index in [0.29, 0.717) is 29.5 Å². The van der Waals surface area contributed by atoms with Gasteiger partial charge in [-0.25, -0.2) is 9.97 Å². The first kappa shape index (κ1) is 23.8. The molecule has 5 aromatic rings. The lowest BCUT2D eigenvalue weighted by Gasteiger charge is -2.26. The number of fused-ring (bicyclic) bond motifs is 1. The molecule has 5 rings (SSSR count). The molecule has 1 atom stereocenters. The molecule has 36 heavy (non-hydrogen) atoms. The van der Waals surface area contributed by atoms with Crippen molar-refractivity contribution >= 4 is 11.2 Å². The van der Waals surface area contributed by atoms with E-state index in [-0.39, 0.29) is 0 Å². The van der Waals surface area contributed by atoms with Crippen LogP contribution in [0.2, 0.25) is 0 Å². The molecule has 0 aliphatic rings. The predicted molar refractivity (Wildman–Crippen MR) is 135 cm³/mol. The number of hydrogen-bond donors (Lipinski definition) is 2. The van der Waals surface area contributed by atoms with Crippen molar-refractivity contribution in [3.63, 3.8) is 0 Å². The van der Waals surface area contributed by atoms with Crippen molar-refractivity contribution in [3.05, 3.63) is 60.6 Å². The van der Waals surface area contributed by atoms with Crippen molar-refractivity contribution in [2.24, 2.45) is 0 Å². The summed E-state index contributed by atoms with van der Waals surface area (Å²) in [4.78, 5) is 21.6. The van der Waals surface area contributed by atoms with E-state index in [1.54, 1.807) is 37.1 Å². The van der Waals surface area contributed by atoms with E-state index in [9.17, 15) is 5.11 Å². The highest BCUT2D eigenvalue weighted by Crippen LogP contribution is 2.36. The number of pyridine rings is 1. The molecule has 0 radical (unpaired) electrons. The van der Waals surface area contributed by atoms with Crippen LogP contribution in [0.1, 0.15) is 58.3 Å². The first-order valence-corrected chi connectivity index (χ1v) is 12.1. The van der Waals surface area contributed by atoms with Crippen LogP contribution >= 0.6 is 0 Å². The highest BCUT2D eigenvalue weighted by molar-refractivity contribution is 5.73. The Labute approximate surface area is 208 Å². The van der Waals surface area contributed by atoms with Gasteiger partial charge in [-0.15, -0.1) is 0 Å². The van der Waals surface area contributed by atoms with Crippen LogP contribution < -0.4 is 0 Å². The van der Waals surface area contributed by atoms with Crippen molar-refractivity contribution in [1.82, 2.24) is 39.9 Å². The van der Waals surface area contributed by atoms with Gasteiger partial charge in [-0.05, 0) is 44.9 Å². The number of unbranched alkanes of at least 4 members (excludes halogenated alkanes) is 1. The predicted octanol–water partition coefficient (Wildman–Crippen LogP) is 4.53. The summed E-state index contributed by atoms with van der Waals surface area (Å²) >= 11 is 0. The van der Waals surface area contributed by atoms with Crippen LogP contribution in [0.3, 0.4) is 0 Å². The monoisotopic (exact) mass is 486 g/mol. The Hall–Kier alpha value is -3.92. The quantitative estimate of drug-likeness (QED) is 0.311. The molecular weight excluding hydrogens is 456 g/mol. The third-order valence-electron chi connectivity index (χ3n) is 6.30. The first-order chi connectivity index (χ1) is 17.2. The van der Waals surface area contributed by atoms with Crippen molar-refractivity contribution in [3.8, 4) is 22.8 Å². The molecule has 0 aromatic carbocycles. The molecule has 5 aromatic heterocycles. The van der Waals surface area contributed by atoms with Gasteiger partial charge < -0.3 is 14.6 Å². The average molecular weight is 487 g/mol. The van der Waals surface area contributed by atoms with Crippen LogP contribution in [-0.2, 0) is 12.0 Å². The second kappa shape index (κ2) is 9.27. The molecule has 0 fully saturated rings. The molecule has 0 spiro atoms. The second-order valence-corrected chi connectivity index (χ2v) is 10.00. The molecule has 0 aliphatic heterocycles. The van der Waals surface area contributed by atoms with E-state index >= 15 is 0 Å². The Morgan fingerprint density at radius 1 is 1.03 bits per heavy atom. The summed E-state index contributed by atoms with van der Waals surface area (Å²) in [5.74, 6) is 0.999. The first-order valence-electron chi connectivity index (χ1n) is 12.1. The maximum Gasteiger partial charge on any atom is 0.261 e. The maximum atomic E-state index is 10.1. The number of aromatic nitrogens is 8. The van der Waals surface area contributed by atoms with Gasteiger partial charge in [0.1, 0.15) is 11.2 Å². The standard InChI is InChI=1S/C26H30N8O2/c1-5-6-10-26(4,24-32-23(36-33-24)17-12-30-34(15-17)16-25(2,3)35)18-7-8-19(28-13-18)21-14-29-22-20(31-21)9-11-27-22/h7-9,11-15,35H,5-6,10,16H2,1-4H3,(H,27,29)/t26-/m1/s1. The Morgan fingerprint density at radius 3 is 2.64 bits per heavy atom. The number of rotatable bonds is 9. The lowest BCUT2D eigenvalue weighted by Crippen LogP contribution is -2.26. The fraction of sp³-hybridized carbons (Fsp3) is 0.385. The van der Waals surface area contributed by atoms with Gasteiger partial charge in [-0.2, -0.15) is 10.1 Å². The van der Waals surface area contributed by atoms with E-state index in [2.05, 4.69) is 45.1 Å². The number of aromatic amines is 1. The van der Waals surface area contributed by atoms with E-state index in [1.807, 2.05) is 24.5 Å². The zero-order valence-electron chi connectivity index (χ0n) is 20.9. The SMILES string of the molecule is CCCC[C@](C)(c1ccc(-c2cnc3[nH]ccc3n2)nc1)c1noc(-c2cnn(CC(C)(C)O)c2)n1. The third-order valence-corrected chi connectivity index (χ3v) is 6.30. The lowest BCUT2D eigenvalue weighted by molar-refractivity contribution is 0.0577. The summed E-state index contributed by atoms with van der Waals surface area (Å²) < 4.78 is 7.32. The van der Waals surface area contributed by atoms with Gasteiger partial charge in [0.25, 0.3) is 5.89 Å². The Morgan fingerprint density at radius 2 is 1.89 bits per heavy atom. The number of hydrogen-bond acceptors (Lipinski definition) is 8. The van der Waals surface area contributed by atoms with Gasteiger partial charge in [0.15, 0.2) is 11.5 Å². The van der Waals surface area contributed by atoms with Crippen LogP contribution in [0, 0.1) is 0 Å². The van der Waals surface area contributed by atoms with Crippen molar-refractivity contribution in [2.45, 2.75) is 64.5 Å². The largest absolute Gasteiger partial charge is 0.389 e. The zero-order valence-corrected chi connectivity index (χ0v) is 20.9. The highest BCUT2D eigenvalue weighted by Gasteiger charge is 2.34. The normalized spacial score (nSPS) is 13.8. The summed E-state index contributed by atoms with van der Waals surface area (Å²) in [6.45, 7) is 8.13. The summed E-state index contributed by atoms with van der Waals surface area (Å²) in [6, 6.07) is 5.91. The maximum absolute atomic E-state index is 10.1. The third kappa shape index (κ3) is 4.76. The molecule has 0 aliphatic carbocycles. The molecule has 10 heteroatoms. The molecule has 186 valence electrons. The van der Waals surface area contributed by atoms with Gasteiger partial charge in [-0.1, -0.05) is 31.0 Å². The summed E-state index contributed by atoms with van der Waals surface area (Å²) in [5, 5.41) is 18.7. The van der Waals surface area contributed by atoms with Crippen LogP contribution in [-0.4, -0.2) is 50.6 Å². The van der Waals surface area contributed by atoms with E-state index in [0.717, 1.165) is 41.7 Å². The molecule has 0 unspecified atom stereocenters. The summed E-state index contributed by atoms with van der Waals surface area (Å²) in [6.07, 6.45) is 11.8. The molecule has 0 amide bonds. The Bertz CT molecular complexity index is 1460. The van der Waals surface area contributed by atoms with Gasteiger partial charge in [0.05, 0.1) is 41.2 Å². The van der Waals surface area contributed by atoms with Gasteiger partial charge in [0.2, 0.25) is 0 Å². The zero-order chi connectivity index (χ0) is 25.3. The van der Waals surface area contributed by atoms with Crippen molar-refractivity contribution < 1.29 is 9.63 Å². The molecule has 0 saturated carbocycles.